The molecule has 0 fully saturated rings. The molecule has 26 heavy (non-hydrogen) atoms. The zero-order chi connectivity index (χ0) is 18.5. The zero-order valence-electron chi connectivity index (χ0n) is 14.3. The molecule has 1 atom stereocenters. The topological polar surface area (TPSA) is 46.9 Å². The number of benzene rings is 2. The first-order valence-corrected chi connectivity index (χ1v) is 9.09. The Hall–Kier alpha value is -2.30. The van der Waals surface area contributed by atoms with Crippen molar-refractivity contribution >= 4 is 29.1 Å². The summed E-state index contributed by atoms with van der Waals surface area (Å²) in [5, 5.41) is 8.42. The number of amides is 1. The number of halogens is 2. The number of nitrogens with zero attached hydrogens (tertiary/aromatic N) is 2. The highest BCUT2D eigenvalue weighted by Crippen LogP contribution is 2.22. The lowest BCUT2D eigenvalue weighted by Crippen LogP contribution is -2.35. The molecule has 0 aliphatic carbocycles. The second-order valence-corrected chi connectivity index (χ2v) is 7.05. The molecular weight excluding hydrogens is 369 g/mol. The van der Waals surface area contributed by atoms with Gasteiger partial charge in [-0.2, -0.15) is 5.10 Å². The quantitative estimate of drug-likeness (QED) is 0.677. The van der Waals surface area contributed by atoms with Crippen molar-refractivity contribution in [3.8, 4) is 5.69 Å². The summed E-state index contributed by atoms with van der Waals surface area (Å²) < 4.78 is 1.78. The van der Waals surface area contributed by atoms with E-state index in [2.05, 4.69) is 10.4 Å². The molecule has 0 aliphatic heterocycles. The van der Waals surface area contributed by atoms with E-state index in [1.165, 1.54) is 0 Å². The zero-order valence-corrected chi connectivity index (χ0v) is 15.8. The Balaban J connectivity index is 1.54. The van der Waals surface area contributed by atoms with Gasteiger partial charge in [0.05, 0.1) is 12.1 Å². The van der Waals surface area contributed by atoms with Gasteiger partial charge in [0, 0.05) is 28.5 Å². The standard InChI is InChI=1S/C20H19Cl2N3O/c1-14(11-16-5-6-17(21)13-19(16)22)24-20(26)12-15-3-7-18(8-4-15)25-10-2-9-23-25/h2-10,13-14H,11-12H2,1H3,(H,24,26). The molecule has 1 N–H and O–H groups in total. The Morgan fingerprint density at radius 3 is 2.62 bits per heavy atom. The number of hydrogen-bond acceptors (Lipinski definition) is 2. The smallest absolute Gasteiger partial charge is 0.224 e. The fourth-order valence-electron chi connectivity index (χ4n) is 2.77. The first-order chi connectivity index (χ1) is 12.5. The Kier molecular flexibility index (Phi) is 5.96. The minimum Gasteiger partial charge on any atom is -0.353 e. The minimum atomic E-state index is -0.0236. The van der Waals surface area contributed by atoms with Crippen molar-refractivity contribution in [2.24, 2.45) is 0 Å². The predicted molar refractivity (Wildman–Crippen MR) is 105 cm³/mol. The lowest BCUT2D eigenvalue weighted by atomic mass is 10.1. The fourth-order valence-corrected chi connectivity index (χ4v) is 3.25. The van der Waals surface area contributed by atoms with Crippen LogP contribution in [0.5, 0.6) is 0 Å². The van der Waals surface area contributed by atoms with Crippen LogP contribution in [0, 0.1) is 0 Å². The second kappa shape index (κ2) is 8.39. The second-order valence-electron chi connectivity index (χ2n) is 6.20. The Morgan fingerprint density at radius 2 is 1.96 bits per heavy atom. The molecule has 0 spiro atoms. The highest BCUT2D eigenvalue weighted by atomic mass is 35.5. The third kappa shape index (κ3) is 4.87. The van der Waals surface area contributed by atoms with Gasteiger partial charge in [-0.3, -0.25) is 4.79 Å². The summed E-state index contributed by atoms with van der Waals surface area (Å²) in [6, 6.07) is 15.0. The van der Waals surface area contributed by atoms with Gasteiger partial charge in [-0.25, -0.2) is 4.68 Å². The lowest BCUT2D eigenvalue weighted by Gasteiger charge is -2.15. The average Bonchev–Trinajstić information content (AvgIpc) is 3.12. The monoisotopic (exact) mass is 387 g/mol. The molecule has 0 bridgehead atoms. The molecule has 1 amide bonds. The van der Waals surface area contributed by atoms with Crippen molar-refractivity contribution in [3.05, 3.63) is 82.1 Å². The average molecular weight is 388 g/mol. The molecule has 0 aliphatic rings. The fraction of sp³-hybridized carbons (Fsp3) is 0.200. The number of rotatable bonds is 6. The third-order valence-corrected chi connectivity index (χ3v) is 4.61. The van der Waals surface area contributed by atoms with E-state index in [0.717, 1.165) is 16.8 Å². The van der Waals surface area contributed by atoms with Crippen LogP contribution in [-0.2, 0) is 17.6 Å². The maximum Gasteiger partial charge on any atom is 0.224 e. The summed E-state index contributed by atoms with van der Waals surface area (Å²) in [5.41, 5.74) is 2.88. The van der Waals surface area contributed by atoms with Gasteiger partial charge in [0.15, 0.2) is 0 Å². The van der Waals surface area contributed by atoms with E-state index in [0.29, 0.717) is 22.9 Å². The van der Waals surface area contributed by atoms with Crippen LogP contribution in [0.3, 0.4) is 0 Å². The largest absolute Gasteiger partial charge is 0.353 e. The van der Waals surface area contributed by atoms with E-state index < -0.39 is 0 Å². The van der Waals surface area contributed by atoms with Gasteiger partial charge in [-0.1, -0.05) is 41.4 Å². The predicted octanol–water partition coefficient (Wildman–Crippen LogP) is 4.47. The summed E-state index contributed by atoms with van der Waals surface area (Å²) in [4.78, 5) is 12.3. The Morgan fingerprint density at radius 1 is 1.19 bits per heavy atom. The molecule has 1 aromatic heterocycles. The van der Waals surface area contributed by atoms with Gasteiger partial charge >= 0.3 is 0 Å². The Labute approximate surface area is 162 Å². The molecule has 3 rings (SSSR count). The van der Waals surface area contributed by atoms with Crippen LogP contribution in [0.25, 0.3) is 5.69 Å². The maximum absolute atomic E-state index is 12.3. The van der Waals surface area contributed by atoms with E-state index in [9.17, 15) is 4.79 Å². The molecule has 3 aromatic rings. The van der Waals surface area contributed by atoms with Gasteiger partial charge in [-0.05, 0) is 54.8 Å². The lowest BCUT2D eigenvalue weighted by molar-refractivity contribution is -0.121. The van der Waals surface area contributed by atoms with Crippen molar-refractivity contribution in [1.29, 1.82) is 0 Å². The van der Waals surface area contributed by atoms with Gasteiger partial charge in [0.25, 0.3) is 0 Å². The van der Waals surface area contributed by atoms with Crippen molar-refractivity contribution < 1.29 is 4.79 Å². The van der Waals surface area contributed by atoms with E-state index >= 15 is 0 Å². The Bertz CT molecular complexity index is 877. The highest BCUT2D eigenvalue weighted by molar-refractivity contribution is 6.35. The van der Waals surface area contributed by atoms with Crippen molar-refractivity contribution in [1.82, 2.24) is 15.1 Å². The summed E-state index contributed by atoms with van der Waals surface area (Å²) in [6.07, 6.45) is 4.60. The van der Waals surface area contributed by atoms with Crippen LogP contribution in [0.1, 0.15) is 18.1 Å². The number of nitrogens with one attached hydrogen (secondary N) is 1. The van der Waals surface area contributed by atoms with Crippen molar-refractivity contribution in [3.63, 3.8) is 0 Å². The van der Waals surface area contributed by atoms with Gasteiger partial charge in [0.1, 0.15) is 0 Å². The molecule has 6 heteroatoms. The molecule has 134 valence electrons. The van der Waals surface area contributed by atoms with E-state index in [1.807, 2.05) is 49.5 Å². The SMILES string of the molecule is CC(Cc1ccc(Cl)cc1Cl)NC(=O)Cc1ccc(-n2cccn2)cc1. The van der Waals surface area contributed by atoms with E-state index in [4.69, 9.17) is 23.2 Å². The maximum atomic E-state index is 12.3. The van der Waals surface area contributed by atoms with Crippen LogP contribution in [-0.4, -0.2) is 21.7 Å². The summed E-state index contributed by atoms with van der Waals surface area (Å²) >= 11 is 12.1. The molecule has 1 heterocycles. The number of hydrogen-bond donors (Lipinski definition) is 1. The van der Waals surface area contributed by atoms with Crippen LogP contribution in [0.2, 0.25) is 10.0 Å². The third-order valence-electron chi connectivity index (χ3n) is 4.02. The van der Waals surface area contributed by atoms with Crippen LogP contribution >= 0.6 is 23.2 Å². The summed E-state index contributed by atoms with van der Waals surface area (Å²) in [7, 11) is 0. The highest BCUT2D eigenvalue weighted by Gasteiger charge is 2.11. The first kappa shape index (κ1) is 18.5. The molecule has 0 saturated heterocycles. The van der Waals surface area contributed by atoms with Gasteiger partial charge in [0.2, 0.25) is 5.91 Å². The molecule has 4 nitrogen and oxygen atoms in total. The van der Waals surface area contributed by atoms with Crippen molar-refractivity contribution in [2.75, 3.05) is 0 Å². The molecule has 1 unspecified atom stereocenters. The van der Waals surface area contributed by atoms with Gasteiger partial charge in [-0.15, -0.1) is 0 Å². The van der Waals surface area contributed by atoms with E-state index in [1.54, 1.807) is 23.0 Å². The first-order valence-electron chi connectivity index (χ1n) is 8.33. The van der Waals surface area contributed by atoms with Crippen molar-refractivity contribution in [2.45, 2.75) is 25.8 Å². The molecule has 0 radical (unpaired) electrons. The van der Waals surface area contributed by atoms with Crippen LogP contribution < -0.4 is 5.32 Å². The summed E-state index contributed by atoms with van der Waals surface area (Å²) in [6.45, 7) is 1.96. The molecule has 2 aromatic carbocycles. The molecule has 0 saturated carbocycles. The summed E-state index contributed by atoms with van der Waals surface area (Å²) in [5.74, 6) is -0.0191. The minimum absolute atomic E-state index is 0.0191. The van der Waals surface area contributed by atoms with Gasteiger partial charge < -0.3 is 5.32 Å². The number of carbonyl (C=O) groups excluding carboxylic acids is 1. The van der Waals surface area contributed by atoms with E-state index in [-0.39, 0.29) is 11.9 Å². The van der Waals surface area contributed by atoms with Crippen LogP contribution in [0.4, 0.5) is 0 Å². The molecular formula is C20H19Cl2N3O. The number of aromatic nitrogens is 2. The van der Waals surface area contributed by atoms with Crippen LogP contribution in [0.15, 0.2) is 60.9 Å². The normalized spacial score (nSPS) is 12.0. The number of carbonyl (C=O) groups is 1.